The first-order valence-corrected chi connectivity index (χ1v) is 8.94. The zero-order valence-electron chi connectivity index (χ0n) is 14.8. The van der Waals surface area contributed by atoms with Gasteiger partial charge in [0, 0.05) is 5.69 Å². The van der Waals surface area contributed by atoms with Gasteiger partial charge in [0.2, 0.25) is 11.1 Å². The SMILES string of the molecule is Cc1occc1-c1nnc(SC(C)C(=O)Nc2ccc(C(F)(F)F)cc2)n1N. The Kier molecular flexibility index (Phi) is 5.36. The van der Waals surface area contributed by atoms with Gasteiger partial charge in [0.05, 0.1) is 22.6 Å². The molecule has 0 radical (unpaired) electrons. The molecule has 2 heterocycles. The molecule has 148 valence electrons. The Hall–Kier alpha value is -2.95. The van der Waals surface area contributed by atoms with Crippen LogP contribution in [0.4, 0.5) is 18.9 Å². The topological polar surface area (TPSA) is 99.0 Å². The first kappa shape index (κ1) is 19.8. The number of carbonyl (C=O) groups excluding carboxylic acids is 1. The minimum absolute atomic E-state index is 0.259. The molecule has 0 saturated heterocycles. The van der Waals surface area contributed by atoms with E-state index in [0.717, 1.165) is 23.9 Å². The van der Waals surface area contributed by atoms with Gasteiger partial charge in [-0.15, -0.1) is 10.2 Å². The first-order chi connectivity index (χ1) is 13.2. The smallest absolute Gasteiger partial charge is 0.416 e. The molecular weight excluding hydrogens is 395 g/mol. The van der Waals surface area contributed by atoms with Crippen molar-refractivity contribution in [3.63, 3.8) is 0 Å². The van der Waals surface area contributed by atoms with E-state index in [2.05, 4.69) is 15.5 Å². The molecule has 2 aromatic heterocycles. The number of nitrogen functional groups attached to an aromatic ring is 1. The molecule has 0 spiro atoms. The second kappa shape index (κ2) is 7.58. The quantitative estimate of drug-likeness (QED) is 0.491. The predicted octanol–water partition coefficient (Wildman–Crippen LogP) is 3.70. The minimum Gasteiger partial charge on any atom is -0.469 e. The number of carbonyl (C=O) groups is 1. The van der Waals surface area contributed by atoms with Crippen LogP contribution in [-0.4, -0.2) is 26.0 Å². The fourth-order valence-electron chi connectivity index (χ4n) is 2.36. The lowest BCUT2D eigenvalue weighted by molar-refractivity contribution is -0.137. The maximum absolute atomic E-state index is 12.6. The highest BCUT2D eigenvalue weighted by atomic mass is 32.2. The third kappa shape index (κ3) is 4.14. The fraction of sp³-hybridized carbons (Fsp3) is 0.235. The van der Waals surface area contributed by atoms with Crippen molar-refractivity contribution in [2.24, 2.45) is 0 Å². The molecule has 28 heavy (non-hydrogen) atoms. The molecule has 3 aromatic rings. The number of hydrogen-bond donors (Lipinski definition) is 2. The third-order valence-corrected chi connectivity index (χ3v) is 4.95. The summed E-state index contributed by atoms with van der Waals surface area (Å²) in [6.07, 6.45) is -2.92. The van der Waals surface area contributed by atoms with Crippen molar-refractivity contribution >= 4 is 23.4 Å². The summed E-state index contributed by atoms with van der Waals surface area (Å²) in [5.74, 6) is 6.63. The van der Waals surface area contributed by atoms with Crippen molar-refractivity contribution in [1.29, 1.82) is 0 Å². The van der Waals surface area contributed by atoms with Gasteiger partial charge in [-0.3, -0.25) is 4.79 Å². The fourth-order valence-corrected chi connectivity index (χ4v) is 3.13. The van der Waals surface area contributed by atoms with Crippen LogP contribution in [-0.2, 0) is 11.0 Å². The van der Waals surface area contributed by atoms with Crippen LogP contribution in [0, 0.1) is 6.92 Å². The number of benzene rings is 1. The van der Waals surface area contributed by atoms with E-state index >= 15 is 0 Å². The van der Waals surface area contributed by atoms with Crippen molar-refractivity contribution in [3.8, 4) is 11.4 Å². The van der Waals surface area contributed by atoms with Crippen molar-refractivity contribution in [1.82, 2.24) is 14.9 Å². The average Bonchev–Trinajstić information content (AvgIpc) is 3.20. The second-order valence-corrected chi connectivity index (χ2v) is 7.20. The monoisotopic (exact) mass is 411 g/mol. The lowest BCUT2D eigenvalue weighted by Crippen LogP contribution is -2.23. The van der Waals surface area contributed by atoms with Crippen molar-refractivity contribution in [2.45, 2.75) is 30.4 Å². The van der Waals surface area contributed by atoms with Crippen LogP contribution in [0.15, 0.2) is 46.2 Å². The number of nitrogens with two attached hydrogens (primary N) is 1. The molecule has 0 saturated carbocycles. The number of aromatic nitrogens is 3. The van der Waals surface area contributed by atoms with Gasteiger partial charge in [-0.1, -0.05) is 11.8 Å². The van der Waals surface area contributed by atoms with E-state index in [1.165, 1.54) is 23.1 Å². The summed E-state index contributed by atoms with van der Waals surface area (Å²) >= 11 is 1.07. The van der Waals surface area contributed by atoms with E-state index in [-0.39, 0.29) is 5.69 Å². The lowest BCUT2D eigenvalue weighted by atomic mass is 10.2. The van der Waals surface area contributed by atoms with Gasteiger partial charge in [-0.05, 0) is 44.2 Å². The molecule has 1 atom stereocenters. The molecule has 3 N–H and O–H groups in total. The molecule has 0 aliphatic rings. The van der Waals surface area contributed by atoms with Crippen LogP contribution in [0.5, 0.6) is 0 Å². The van der Waals surface area contributed by atoms with E-state index in [4.69, 9.17) is 10.3 Å². The second-order valence-electron chi connectivity index (χ2n) is 5.89. The molecule has 1 unspecified atom stereocenters. The van der Waals surface area contributed by atoms with Crippen LogP contribution >= 0.6 is 11.8 Å². The van der Waals surface area contributed by atoms with Gasteiger partial charge in [0.15, 0.2) is 5.82 Å². The number of rotatable bonds is 5. The number of nitrogens with one attached hydrogen (secondary N) is 1. The van der Waals surface area contributed by atoms with E-state index < -0.39 is 22.9 Å². The zero-order chi connectivity index (χ0) is 20.5. The number of thioether (sulfide) groups is 1. The van der Waals surface area contributed by atoms with Gasteiger partial charge >= 0.3 is 6.18 Å². The molecule has 11 heteroatoms. The Labute approximate surface area is 162 Å². The van der Waals surface area contributed by atoms with E-state index in [1.807, 2.05) is 0 Å². The number of anilines is 1. The molecule has 0 fully saturated rings. The van der Waals surface area contributed by atoms with Crippen LogP contribution in [0.2, 0.25) is 0 Å². The highest BCUT2D eigenvalue weighted by molar-refractivity contribution is 8.00. The Morgan fingerprint density at radius 3 is 2.50 bits per heavy atom. The normalized spacial score (nSPS) is 12.8. The summed E-state index contributed by atoms with van der Waals surface area (Å²) < 4.78 is 44.3. The number of halogens is 3. The summed E-state index contributed by atoms with van der Waals surface area (Å²) in [7, 11) is 0. The van der Waals surface area contributed by atoms with Gasteiger partial charge < -0.3 is 15.6 Å². The molecule has 0 bridgehead atoms. The van der Waals surface area contributed by atoms with Crippen molar-refractivity contribution < 1.29 is 22.4 Å². The third-order valence-electron chi connectivity index (χ3n) is 3.90. The highest BCUT2D eigenvalue weighted by Gasteiger charge is 2.30. The number of amides is 1. The molecule has 0 aliphatic heterocycles. The summed E-state index contributed by atoms with van der Waals surface area (Å²) in [4.78, 5) is 12.3. The Bertz CT molecular complexity index is 982. The minimum atomic E-state index is -4.43. The zero-order valence-corrected chi connectivity index (χ0v) is 15.6. The Morgan fingerprint density at radius 1 is 1.25 bits per heavy atom. The largest absolute Gasteiger partial charge is 0.469 e. The molecule has 7 nitrogen and oxygen atoms in total. The van der Waals surface area contributed by atoms with E-state index in [9.17, 15) is 18.0 Å². The predicted molar refractivity (Wildman–Crippen MR) is 98.0 cm³/mol. The number of alkyl halides is 3. The van der Waals surface area contributed by atoms with Crippen molar-refractivity contribution in [3.05, 3.63) is 47.9 Å². The maximum Gasteiger partial charge on any atom is 0.416 e. The standard InChI is InChI=1S/C17H16F3N5O2S/c1-9-13(7-8-27-9)14-23-24-16(25(14)21)28-10(2)15(26)22-12-5-3-11(4-6-12)17(18,19)20/h3-8,10H,21H2,1-2H3,(H,22,26). The van der Waals surface area contributed by atoms with E-state index in [0.29, 0.717) is 22.3 Å². The van der Waals surface area contributed by atoms with Crippen molar-refractivity contribution in [2.75, 3.05) is 11.2 Å². The lowest BCUT2D eigenvalue weighted by Gasteiger charge is -2.12. The molecule has 1 amide bonds. The number of hydrogen-bond acceptors (Lipinski definition) is 6. The first-order valence-electron chi connectivity index (χ1n) is 8.06. The van der Waals surface area contributed by atoms with Crippen LogP contribution < -0.4 is 11.2 Å². The Balaban J connectivity index is 1.66. The van der Waals surface area contributed by atoms with Gasteiger partial charge in [-0.2, -0.15) is 13.2 Å². The Morgan fingerprint density at radius 2 is 1.93 bits per heavy atom. The van der Waals surface area contributed by atoms with Gasteiger partial charge in [0.1, 0.15) is 5.76 Å². The molecule has 3 rings (SSSR count). The summed E-state index contributed by atoms with van der Waals surface area (Å²) in [6.45, 7) is 3.39. The van der Waals surface area contributed by atoms with Crippen LogP contribution in [0.25, 0.3) is 11.4 Å². The average molecular weight is 411 g/mol. The number of furan rings is 1. The van der Waals surface area contributed by atoms with Crippen LogP contribution in [0.1, 0.15) is 18.2 Å². The van der Waals surface area contributed by atoms with Crippen LogP contribution in [0.3, 0.4) is 0 Å². The summed E-state index contributed by atoms with van der Waals surface area (Å²) in [5.41, 5.74) is 0.157. The summed E-state index contributed by atoms with van der Waals surface area (Å²) in [6, 6.07) is 5.91. The van der Waals surface area contributed by atoms with Gasteiger partial charge in [0.25, 0.3) is 0 Å². The van der Waals surface area contributed by atoms with E-state index in [1.54, 1.807) is 19.9 Å². The number of nitrogens with zero attached hydrogens (tertiary/aromatic N) is 3. The highest BCUT2D eigenvalue weighted by Crippen LogP contribution is 2.30. The number of aryl methyl sites for hydroxylation is 1. The molecular formula is C17H16F3N5O2S. The maximum atomic E-state index is 12.6. The summed E-state index contributed by atoms with van der Waals surface area (Å²) in [5, 5.41) is 10.3. The molecule has 0 aliphatic carbocycles. The van der Waals surface area contributed by atoms with Gasteiger partial charge in [-0.25, -0.2) is 4.68 Å². The molecule has 1 aromatic carbocycles.